The molecule has 0 radical (unpaired) electrons. The van der Waals surface area contributed by atoms with Crippen molar-refractivity contribution < 1.29 is 36.4 Å². The zero-order valence-electron chi connectivity index (χ0n) is 21.7. The molecule has 0 aliphatic heterocycles. The largest absolute Gasteiger partial charge is 2.00 e. The van der Waals surface area contributed by atoms with Gasteiger partial charge in [0, 0.05) is 11.4 Å². The zero-order valence-corrected chi connectivity index (χ0v) is 24.1. The predicted molar refractivity (Wildman–Crippen MR) is 159 cm³/mol. The Balaban J connectivity index is 0.000000199. The summed E-state index contributed by atoms with van der Waals surface area (Å²) in [4.78, 5) is 0. The van der Waals surface area contributed by atoms with Crippen molar-refractivity contribution in [3.05, 3.63) is 158 Å². The molecule has 0 saturated carbocycles. The van der Waals surface area contributed by atoms with Gasteiger partial charge in [0.25, 0.3) is 0 Å². The SMILES string of the molecule is Oc1ccccc1Nc1ccccc1.Oc1ccccc1Nc1ccccc1.[C-]1=CC=CC1.[C-]1=CC=CC1.[Zr+2]. The van der Waals surface area contributed by atoms with Crippen LogP contribution in [0.15, 0.2) is 146 Å². The molecule has 0 bridgehead atoms. The van der Waals surface area contributed by atoms with Gasteiger partial charge in [-0.25, -0.2) is 24.3 Å². The Morgan fingerprint density at radius 3 is 1.13 bits per heavy atom. The summed E-state index contributed by atoms with van der Waals surface area (Å²) >= 11 is 0. The van der Waals surface area contributed by atoms with Crippen LogP contribution in [0.4, 0.5) is 22.7 Å². The maximum atomic E-state index is 9.51. The minimum atomic E-state index is 0. The second-order valence-corrected chi connectivity index (χ2v) is 8.02. The standard InChI is InChI=1S/2C12H11NO.2C5H5.Zr/c2*14-12-9-5-4-8-11(12)13-10-6-2-1-3-7-10;2*1-2-4-5-3-1;/h2*1-9,13-14H;2*1-3H,4H2;/q;;2*-1;+2. The van der Waals surface area contributed by atoms with E-state index in [0.29, 0.717) is 0 Å². The van der Waals surface area contributed by atoms with Gasteiger partial charge in [-0.1, -0.05) is 60.7 Å². The van der Waals surface area contributed by atoms with Gasteiger partial charge in [0.15, 0.2) is 0 Å². The average molecular weight is 592 g/mol. The second-order valence-electron chi connectivity index (χ2n) is 8.02. The van der Waals surface area contributed by atoms with Gasteiger partial charge in [0.1, 0.15) is 11.5 Å². The minimum Gasteiger partial charge on any atom is -0.506 e. The summed E-state index contributed by atoms with van der Waals surface area (Å²) < 4.78 is 0. The van der Waals surface area contributed by atoms with Crippen LogP contribution in [-0.2, 0) is 26.2 Å². The Labute approximate surface area is 250 Å². The van der Waals surface area contributed by atoms with Gasteiger partial charge >= 0.3 is 26.2 Å². The number of nitrogens with one attached hydrogen (secondary N) is 2. The van der Waals surface area contributed by atoms with Crippen molar-refractivity contribution in [1.29, 1.82) is 0 Å². The monoisotopic (exact) mass is 590 g/mol. The predicted octanol–water partition coefficient (Wildman–Crippen LogP) is 8.88. The molecule has 4 nitrogen and oxygen atoms in total. The molecule has 4 aromatic carbocycles. The minimum absolute atomic E-state index is 0. The maximum absolute atomic E-state index is 9.51. The van der Waals surface area contributed by atoms with Crippen molar-refractivity contribution in [2.45, 2.75) is 12.8 Å². The third kappa shape index (κ3) is 12.8. The van der Waals surface area contributed by atoms with Crippen molar-refractivity contribution in [2.75, 3.05) is 10.6 Å². The van der Waals surface area contributed by atoms with E-state index in [4.69, 9.17) is 0 Å². The molecule has 0 saturated heterocycles. The first kappa shape index (κ1) is 31.1. The van der Waals surface area contributed by atoms with Crippen LogP contribution in [0.5, 0.6) is 11.5 Å². The Kier molecular flexibility index (Phi) is 15.2. The van der Waals surface area contributed by atoms with E-state index in [1.807, 2.05) is 109 Å². The molecule has 0 unspecified atom stereocenters. The first-order chi connectivity index (χ1) is 18.7. The second kappa shape index (κ2) is 19.1. The van der Waals surface area contributed by atoms with E-state index in [1.54, 1.807) is 24.3 Å². The molecule has 0 amide bonds. The molecule has 39 heavy (non-hydrogen) atoms. The third-order valence-corrected chi connectivity index (χ3v) is 5.09. The van der Waals surface area contributed by atoms with Crippen molar-refractivity contribution in [2.24, 2.45) is 0 Å². The molecule has 0 fully saturated rings. The number of phenolic OH excluding ortho intramolecular Hbond substituents is 2. The van der Waals surface area contributed by atoms with E-state index in [1.165, 1.54) is 0 Å². The summed E-state index contributed by atoms with van der Waals surface area (Å²) in [5.41, 5.74) is 3.38. The summed E-state index contributed by atoms with van der Waals surface area (Å²) in [7, 11) is 0. The van der Waals surface area contributed by atoms with E-state index >= 15 is 0 Å². The smallest absolute Gasteiger partial charge is 0.506 e. The quantitative estimate of drug-likeness (QED) is 0.141. The number of hydrogen-bond donors (Lipinski definition) is 4. The van der Waals surface area contributed by atoms with Gasteiger partial charge in [0.05, 0.1) is 11.4 Å². The first-order valence-electron chi connectivity index (χ1n) is 12.4. The fourth-order valence-corrected chi connectivity index (χ4v) is 3.19. The molecule has 194 valence electrons. The van der Waals surface area contributed by atoms with E-state index in [0.717, 1.165) is 35.6 Å². The van der Waals surface area contributed by atoms with E-state index in [-0.39, 0.29) is 37.7 Å². The van der Waals surface area contributed by atoms with Crippen LogP contribution in [0.1, 0.15) is 12.8 Å². The fourth-order valence-electron chi connectivity index (χ4n) is 3.19. The Hall–Kier alpha value is -4.08. The molecule has 4 aromatic rings. The van der Waals surface area contributed by atoms with Crippen LogP contribution < -0.4 is 10.6 Å². The van der Waals surface area contributed by atoms with Crippen LogP contribution in [-0.4, -0.2) is 10.2 Å². The number of allylic oxidation sites excluding steroid dienone is 8. The van der Waals surface area contributed by atoms with Gasteiger partial charge in [-0.3, -0.25) is 12.2 Å². The Morgan fingerprint density at radius 2 is 0.846 bits per heavy atom. The van der Waals surface area contributed by atoms with Gasteiger partial charge in [0.2, 0.25) is 0 Å². The number of hydrogen-bond acceptors (Lipinski definition) is 4. The van der Waals surface area contributed by atoms with Crippen LogP contribution in [0.2, 0.25) is 0 Å². The van der Waals surface area contributed by atoms with Gasteiger partial charge < -0.3 is 20.8 Å². The van der Waals surface area contributed by atoms with Crippen LogP contribution in [0.25, 0.3) is 0 Å². The normalized spacial score (nSPS) is 11.5. The van der Waals surface area contributed by atoms with Crippen LogP contribution >= 0.6 is 0 Å². The van der Waals surface area contributed by atoms with E-state index < -0.39 is 0 Å². The van der Waals surface area contributed by atoms with Gasteiger partial charge in [-0.05, 0) is 48.5 Å². The van der Waals surface area contributed by atoms with E-state index in [2.05, 4.69) is 34.9 Å². The van der Waals surface area contributed by atoms with Crippen molar-refractivity contribution in [1.82, 2.24) is 0 Å². The summed E-state index contributed by atoms with van der Waals surface area (Å²) in [5, 5.41) is 25.3. The molecular weight excluding hydrogens is 560 g/mol. The van der Waals surface area contributed by atoms with E-state index in [9.17, 15) is 10.2 Å². The summed E-state index contributed by atoms with van der Waals surface area (Å²) in [5.74, 6) is 0.521. The molecular formula is C34H32N2O2Zr. The Morgan fingerprint density at radius 1 is 0.487 bits per heavy atom. The topological polar surface area (TPSA) is 64.5 Å². The molecule has 0 atom stereocenters. The summed E-state index contributed by atoms with van der Waals surface area (Å²) in [6, 6.07) is 33.8. The van der Waals surface area contributed by atoms with Crippen LogP contribution in [0.3, 0.4) is 0 Å². The number of phenols is 2. The van der Waals surface area contributed by atoms with Crippen LogP contribution in [0, 0.1) is 12.2 Å². The molecule has 0 spiro atoms. The van der Waals surface area contributed by atoms with Crippen molar-refractivity contribution in [3.8, 4) is 11.5 Å². The molecule has 0 aromatic heterocycles. The number of anilines is 4. The number of benzene rings is 4. The first-order valence-corrected chi connectivity index (χ1v) is 12.4. The molecule has 2 aliphatic carbocycles. The molecule has 2 aliphatic rings. The van der Waals surface area contributed by atoms with Gasteiger partial charge in [-0.15, -0.1) is 12.8 Å². The number of aromatic hydroxyl groups is 2. The van der Waals surface area contributed by atoms with Crippen molar-refractivity contribution >= 4 is 22.7 Å². The molecule has 5 heteroatoms. The Bertz CT molecular complexity index is 1210. The molecule has 4 N–H and O–H groups in total. The number of para-hydroxylation sites is 6. The maximum Gasteiger partial charge on any atom is 2.00 e. The van der Waals surface area contributed by atoms with Gasteiger partial charge in [-0.2, -0.15) is 12.2 Å². The average Bonchev–Trinajstić information content (AvgIpc) is 3.73. The summed E-state index contributed by atoms with van der Waals surface area (Å²) in [6.45, 7) is 0. The fraction of sp³-hybridized carbons (Fsp3) is 0.0588. The number of rotatable bonds is 4. The molecule has 0 heterocycles. The third-order valence-electron chi connectivity index (χ3n) is 5.09. The zero-order chi connectivity index (χ0) is 26.7. The summed E-state index contributed by atoms with van der Waals surface area (Å²) in [6.07, 6.45) is 20.0. The molecule has 6 rings (SSSR count). The van der Waals surface area contributed by atoms with Crippen molar-refractivity contribution in [3.63, 3.8) is 0 Å².